The molecule has 106 valence electrons. The summed E-state index contributed by atoms with van der Waals surface area (Å²) in [5.74, 6) is -0.0513. The number of aromatic nitrogens is 2. The topological polar surface area (TPSA) is 72.9 Å². The second-order valence-corrected chi connectivity index (χ2v) is 4.88. The lowest BCUT2D eigenvalue weighted by Gasteiger charge is -2.12. The molecule has 0 aliphatic carbocycles. The van der Waals surface area contributed by atoms with Crippen molar-refractivity contribution >= 4 is 5.91 Å². The standard InChI is InChI=1S/C15H20N4O/c1-11-13(10-18-19(11)2)9-17-15(20)8-14(16)12-6-4-3-5-7-12/h3-7,10,14H,8-9,16H2,1-2H3,(H,17,20). The lowest BCUT2D eigenvalue weighted by Crippen LogP contribution is -2.27. The van der Waals surface area contributed by atoms with Crippen LogP contribution in [0.1, 0.15) is 29.3 Å². The molecule has 1 atom stereocenters. The molecule has 1 aromatic heterocycles. The van der Waals surface area contributed by atoms with Gasteiger partial charge in [0.2, 0.25) is 5.91 Å². The van der Waals surface area contributed by atoms with Crippen LogP contribution in [-0.4, -0.2) is 15.7 Å². The van der Waals surface area contributed by atoms with Crippen molar-refractivity contribution in [2.24, 2.45) is 12.8 Å². The van der Waals surface area contributed by atoms with Crippen LogP contribution < -0.4 is 11.1 Å². The van der Waals surface area contributed by atoms with Gasteiger partial charge in [0.25, 0.3) is 0 Å². The monoisotopic (exact) mass is 272 g/mol. The van der Waals surface area contributed by atoms with Crippen molar-refractivity contribution < 1.29 is 4.79 Å². The molecular formula is C15H20N4O. The Morgan fingerprint density at radius 2 is 2.10 bits per heavy atom. The molecule has 2 aromatic rings. The summed E-state index contributed by atoms with van der Waals surface area (Å²) in [5, 5.41) is 7.02. The van der Waals surface area contributed by atoms with Gasteiger partial charge in [0.15, 0.2) is 0 Å². The van der Waals surface area contributed by atoms with E-state index in [2.05, 4.69) is 10.4 Å². The van der Waals surface area contributed by atoms with Gasteiger partial charge in [-0.25, -0.2) is 0 Å². The number of nitrogens with one attached hydrogen (secondary N) is 1. The van der Waals surface area contributed by atoms with E-state index in [-0.39, 0.29) is 18.4 Å². The number of carbonyl (C=O) groups is 1. The summed E-state index contributed by atoms with van der Waals surface area (Å²) in [7, 11) is 1.88. The highest BCUT2D eigenvalue weighted by molar-refractivity contribution is 5.76. The number of rotatable bonds is 5. The molecular weight excluding hydrogens is 252 g/mol. The Morgan fingerprint density at radius 1 is 1.40 bits per heavy atom. The largest absolute Gasteiger partial charge is 0.352 e. The zero-order valence-corrected chi connectivity index (χ0v) is 11.8. The minimum Gasteiger partial charge on any atom is -0.352 e. The van der Waals surface area contributed by atoms with Gasteiger partial charge in [-0.05, 0) is 12.5 Å². The van der Waals surface area contributed by atoms with Gasteiger partial charge in [-0.1, -0.05) is 30.3 Å². The normalized spacial score (nSPS) is 12.2. The number of benzene rings is 1. The van der Waals surface area contributed by atoms with Gasteiger partial charge < -0.3 is 11.1 Å². The third-order valence-electron chi connectivity index (χ3n) is 3.45. The minimum atomic E-state index is -0.272. The van der Waals surface area contributed by atoms with Gasteiger partial charge in [0.1, 0.15) is 0 Å². The van der Waals surface area contributed by atoms with E-state index in [9.17, 15) is 4.79 Å². The van der Waals surface area contributed by atoms with E-state index in [1.807, 2.05) is 44.3 Å². The van der Waals surface area contributed by atoms with Crippen molar-refractivity contribution in [1.82, 2.24) is 15.1 Å². The highest BCUT2D eigenvalue weighted by Crippen LogP contribution is 2.13. The molecule has 1 amide bonds. The zero-order valence-electron chi connectivity index (χ0n) is 11.8. The van der Waals surface area contributed by atoms with E-state index < -0.39 is 0 Å². The van der Waals surface area contributed by atoms with Crippen molar-refractivity contribution in [3.63, 3.8) is 0 Å². The average Bonchev–Trinajstić information content (AvgIpc) is 2.77. The summed E-state index contributed by atoms with van der Waals surface area (Å²) in [6.07, 6.45) is 2.05. The first-order valence-corrected chi connectivity index (χ1v) is 6.62. The summed E-state index contributed by atoms with van der Waals surface area (Å²) in [4.78, 5) is 11.9. The van der Waals surface area contributed by atoms with Crippen LogP contribution in [0.5, 0.6) is 0 Å². The summed E-state index contributed by atoms with van der Waals surface area (Å²) in [5.41, 5.74) is 9.07. The lowest BCUT2D eigenvalue weighted by molar-refractivity contribution is -0.121. The van der Waals surface area contributed by atoms with E-state index in [4.69, 9.17) is 5.73 Å². The molecule has 20 heavy (non-hydrogen) atoms. The molecule has 5 heteroatoms. The van der Waals surface area contributed by atoms with Crippen LogP contribution in [0.3, 0.4) is 0 Å². The molecule has 1 aromatic carbocycles. The first-order valence-electron chi connectivity index (χ1n) is 6.62. The Kier molecular flexibility index (Phi) is 4.53. The van der Waals surface area contributed by atoms with E-state index in [1.54, 1.807) is 10.9 Å². The maximum absolute atomic E-state index is 11.9. The number of hydrogen-bond acceptors (Lipinski definition) is 3. The molecule has 0 saturated carbocycles. The molecule has 0 spiro atoms. The number of aryl methyl sites for hydroxylation is 1. The molecule has 0 radical (unpaired) electrons. The molecule has 0 saturated heterocycles. The van der Waals surface area contributed by atoms with Crippen LogP contribution in [0.25, 0.3) is 0 Å². The maximum atomic E-state index is 11.9. The van der Waals surface area contributed by atoms with Gasteiger partial charge >= 0.3 is 0 Å². The number of nitrogens with two attached hydrogens (primary N) is 1. The Balaban J connectivity index is 1.85. The fourth-order valence-electron chi connectivity index (χ4n) is 2.00. The van der Waals surface area contributed by atoms with Crippen molar-refractivity contribution in [3.05, 3.63) is 53.3 Å². The predicted molar refractivity (Wildman–Crippen MR) is 77.8 cm³/mol. The minimum absolute atomic E-state index is 0.0513. The Morgan fingerprint density at radius 3 is 2.70 bits per heavy atom. The summed E-state index contributed by atoms with van der Waals surface area (Å²) in [6, 6.07) is 9.37. The molecule has 5 nitrogen and oxygen atoms in total. The summed E-state index contributed by atoms with van der Waals surface area (Å²) < 4.78 is 1.79. The van der Waals surface area contributed by atoms with E-state index in [0.29, 0.717) is 6.54 Å². The molecule has 0 aliphatic heterocycles. The molecule has 0 bridgehead atoms. The van der Waals surface area contributed by atoms with E-state index >= 15 is 0 Å². The van der Waals surface area contributed by atoms with Gasteiger partial charge in [0, 0.05) is 37.3 Å². The van der Waals surface area contributed by atoms with Gasteiger partial charge in [0.05, 0.1) is 6.20 Å². The quantitative estimate of drug-likeness (QED) is 0.865. The second-order valence-electron chi connectivity index (χ2n) is 4.88. The highest BCUT2D eigenvalue weighted by atomic mass is 16.1. The predicted octanol–water partition coefficient (Wildman–Crippen LogP) is 1.43. The first-order chi connectivity index (χ1) is 9.58. The van der Waals surface area contributed by atoms with Crippen LogP contribution in [0.4, 0.5) is 0 Å². The zero-order chi connectivity index (χ0) is 14.5. The lowest BCUT2D eigenvalue weighted by atomic mass is 10.0. The van der Waals surface area contributed by atoms with Gasteiger partial charge in [-0.15, -0.1) is 0 Å². The fraction of sp³-hybridized carbons (Fsp3) is 0.333. The number of amides is 1. The third-order valence-corrected chi connectivity index (χ3v) is 3.45. The SMILES string of the molecule is Cc1c(CNC(=O)CC(N)c2ccccc2)cnn1C. The van der Waals surface area contributed by atoms with E-state index in [1.165, 1.54) is 0 Å². The first kappa shape index (κ1) is 14.3. The Bertz CT molecular complexity index is 577. The van der Waals surface area contributed by atoms with Crippen LogP contribution in [0, 0.1) is 6.92 Å². The van der Waals surface area contributed by atoms with Crippen LogP contribution in [0.15, 0.2) is 36.5 Å². The molecule has 1 unspecified atom stereocenters. The van der Waals surface area contributed by atoms with Crippen LogP contribution in [0.2, 0.25) is 0 Å². The molecule has 1 heterocycles. The van der Waals surface area contributed by atoms with Crippen molar-refractivity contribution in [2.75, 3.05) is 0 Å². The average molecular weight is 272 g/mol. The summed E-state index contributed by atoms with van der Waals surface area (Å²) in [6.45, 7) is 2.46. The maximum Gasteiger partial charge on any atom is 0.222 e. The number of nitrogens with zero attached hydrogens (tertiary/aromatic N) is 2. The van der Waals surface area contributed by atoms with Crippen molar-refractivity contribution in [1.29, 1.82) is 0 Å². The number of hydrogen-bond donors (Lipinski definition) is 2. The Labute approximate surface area is 118 Å². The van der Waals surface area contributed by atoms with E-state index in [0.717, 1.165) is 16.8 Å². The molecule has 0 aliphatic rings. The van der Waals surface area contributed by atoms with Crippen LogP contribution >= 0.6 is 0 Å². The Hall–Kier alpha value is -2.14. The molecule has 3 N–H and O–H groups in total. The third kappa shape index (κ3) is 3.45. The molecule has 2 rings (SSSR count). The van der Waals surface area contributed by atoms with Crippen LogP contribution in [-0.2, 0) is 18.4 Å². The molecule has 0 fully saturated rings. The van der Waals surface area contributed by atoms with Crippen molar-refractivity contribution in [2.45, 2.75) is 25.9 Å². The second kappa shape index (κ2) is 6.34. The summed E-state index contributed by atoms with van der Waals surface area (Å²) >= 11 is 0. The number of carbonyl (C=O) groups excluding carboxylic acids is 1. The van der Waals surface area contributed by atoms with Crippen molar-refractivity contribution in [3.8, 4) is 0 Å². The fourth-order valence-corrected chi connectivity index (χ4v) is 2.00. The van der Waals surface area contributed by atoms with Gasteiger partial charge in [-0.3, -0.25) is 9.48 Å². The highest BCUT2D eigenvalue weighted by Gasteiger charge is 2.12. The van der Waals surface area contributed by atoms with Gasteiger partial charge in [-0.2, -0.15) is 5.10 Å². The smallest absolute Gasteiger partial charge is 0.222 e.